The minimum atomic E-state index is -2.45. The van der Waals surface area contributed by atoms with E-state index in [9.17, 15) is 35.1 Å². The Morgan fingerprint density at radius 1 is 0.667 bits per heavy atom. The van der Waals surface area contributed by atoms with Gasteiger partial charge in [0.1, 0.15) is 0 Å². The van der Waals surface area contributed by atoms with Gasteiger partial charge in [0.25, 0.3) is 0 Å². The third-order valence-electron chi connectivity index (χ3n) is 5.95. The van der Waals surface area contributed by atoms with Gasteiger partial charge in [0.15, 0.2) is 40.7 Å². The summed E-state index contributed by atoms with van der Waals surface area (Å²) in [5, 5.41) is 0. The van der Waals surface area contributed by atoms with E-state index in [1.165, 1.54) is 0 Å². The molecule has 0 spiro atoms. The van der Waals surface area contributed by atoms with Gasteiger partial charge in [0, 0.05) is 31.9 Å². The lowest BCUT2D eigenvalue weighted by atomic mass is 9.91. The molecule has 0 fully saturated rings. The van der Waals surface area contributed by atoms with Crippen LogP contribution in [-0.2, 0) is 9.47 Å². The third kappa shape index (κ3) is 5.40. The van der Waals surface area contributed by atoms with E-state index in [4.69, 9.17) is 26.7 Å². The van der Waals surface area contributed by atoms with Crippen LogP contribution in [0.25, 0.3) is 16.7 Å². The second kappa shape index (κ2) is 11.3. The highest BCUT2D eigenvalue weighted by Crippen LogP contribution is 2.37. The summed E-state index contributed by atoms with van der Waals surface area (Å²) >= 11 is 0. The molecule has 39 heavy (non-hydrogen) atoms. The molecule has 0 aliphatic heterocycles. The van der Waals surface area contributed by atoms with Crippen molar-refractivity contribution in [2.45, 2.75) is 12.2 Å². The van der Waals surface area contributed by atoms with Gasteiger partial charge in [-0.1, -0.05) is 18.2 Å². The van der Waals surface area contributed by atoms with Crippen molar-refractivity contribution in [2.75, 3.05) is 25.7 Å². The topological polar surface area (TPSA) is 96.5 Å². The van der Waals surface area contributed by atoms with Crippen LogP contribution in [0.5, 0.6) is 0 Å². The van der Waals surface area contributed by atoms with Crippen LogP contribution in [0.15, 0.2) is 48.2 Å². The second-order valence-electron chi connectivity index (χ2n) is 8.17. The zero-order valence-corrected chi connectivity index (χ0v) is 20.3. The first kappa shape index (κ1) is 29.5. The summed E-state index contributed by atoms with van der Waals surface area (Å²) in [7, 11) is 3.19. The molecule has 3 aromatic rings. The molecule has 0 bridgehead atoms. The molecule has 13 heteroatoms. The summed E-state index contributed by atoms with van der Waals surface area (Å²) in [6, 6.07) is 7.74. The molecular formula is C26H21F8N3O2. The normalized spacial score (nSPS) is 14.3. The van der Waals surface area contributed by atoms with E-state index in [1.54, 1.807) is 14.2 Å². The SMILES string of the molecule is COC1(OC)CC(c2ccc(N)cc2)=CC=C1N.Nc1c(-c2c(F)c(F)c(F)c(F)c2F)cc(F)c(F)c1F. The Labute approximate surface area is 217 Å². The summed E-state index contributed by atoms with van der Waals surface area (Å²) in [6.45, 7) is 0. The minimum Gasteiger partial charge on any atom is -0.399 e. The Morgan fingerprint density at radius 3 is 1.69 bits per heavy atom. The minimum absolute atomic E-state index is 0.0338. The molecule has 6 N–H and O–H groups in total. The van der Waals surface area contributed by atoms with Crippen molar-refractivity contribution in [1.29, 1.82) is 0 Å². The number of benzene rings is 3. The predicted molar refractivity (Wildman–Crippen MR) is 128 cm³/mol. The molecule has 3 aromatic carbocycles. The van der Waals surface area contributed by atoms with Gasteiger partial charge in [-0.3, -0.25) is 0 Å². The molecule has 1 aliphatic rings. The van der Waals surface area contributed by atoms with Gasteiger partial charge in [0.05, 0.1) is 16.9 Å². The number of anilines is 2. The maximum atomic E-state index is 13.5. The standard InChI is InChI=1S/C14H18N2O2.C12H3F8N/c1-17-14(18-2)9-11(5-8-13(14)16)10-3-6-12(15)7-4-10;13-3-1-2(12(21)11(20)5(3)14)4-6(15)8(17)10(19)9(18)7(4)16/h3-8H,9,15-16H2,1-2H3;1H,21H2. The van der Waals surface area contributed by atoms with E-state index in [1.807, 2.05) is 36.4 Å². The van der Waals surface area contributed by atoms with Crippen LogP contribution in [0.2, 0.25) is 0 Å². The summed E-state index contributed by atoms with van der Waals surface area (Å²) in [5.74, 6) is -18.6. The van der Waals surface area contributed by atoms with E-state index < -0.39 is 69.1 Å². The van der Waals surface area contributed by atoms with Crippen LogP contribution in [-0.4, -0.2) is 20.0 Å². The van der Waals surface area contributed by atoms with Crippen molar-refractivity contribution in [2.24, 2.45) is 5.73 Å². The Balaban J connectivity index is 0.000000218. The molecule has 0 heterocycles. The first-order valence-corrected chi connectivity index (χ1v) is 10.9. The molecule has 5 nitrogen and oxygen atoms in total. The number of nitrogen functional groups attached to an aromatic ring is 2. The number of hydrogen-bond acceptors (Lipinski definition) is 5. The number of allylic oxidation sites excluding steroid dienone is 2. The monoisotopic (exact) mass is 559 g/mol. The third-order valence-corrected chi connectivity index (χ3v) is 5.95. The smallest absolute Gasteiger partial charge is 0.213 e. The van der Waals surface area contributed by atoms with E-state index in [0.717, 1.165) is 16.8 Å². The Bertz CT molecular complexity index is 1440. The van der Waals surface area contributed by atoms with Crippen molar-refractivity contribution in [3.63, 3.8) is 0 Å². The van der Waals surface area contributed by atoms with E-state index >= 15 is 0 Å². The van der Waals surface area contributed by atoms with Gasteiger partial charge in [-0.15, -0.1) is 0 Å². The number of halogens is 8. The van der Waals surface area contributed by atoms with Crippen molar-refractivity contribution in [1.82, 2.24) is 0 Å². The van der Waals surface area contributed by atoms with E-state index in [-0.39, 0.29) is 6.07 Å². The van der Waals surface area contributed by atoms with Gasteiger partial charge in [0.2, 0.25) is 11.6 Å². The Hall–Kier alpha value is -4.10. The molecule has 0 saturated heterocycles. The summed E-state index contributed by atoms with van der Waals surface area (Å²) in [6.07, 6.45) is 4.38. The molecule has 0 amide bonds. The highest BCUT2D eigenvalue weighted by molar-refractivity contribution is 5.78. The van der Waals surface area contributed by atoms with Gasteiger partial charge in [-0.25, -0.2) is 35.1 Å². The number of methoxy groups -OCH3 is 2. The zero-order chi connectivity index (χ0) is 29.2. The fourth-order valence-electron chi connectivity index (χ4n) is 3.75. The van der Waals surface area contributed by atoms with Crippen molar-refractivity contribution < 1.29 is 44.6 Å². The largest absolute Gasteiger partial charge is 0.399 e. The van der Waals surface area contributed by atoms with Gasteiger partial charge in [-0.05, 0) is 35.4 Å². The quantitative estimate of drug-likeness (QED) is 0.121. The number of nitrogens with two attached hydrogens (primary N) is 3. The fourth-order valence-corrected chi connectivity index (χ4v) is 3.75. The summed E-state index contributed by atoms with van der Waals surface area (Å²) in [5.41, 5.74) is 16.0. The van der Waals surface area contributed by atoms with Crippen molar-refractivity contribution >= 4 is 16.9 Å². The lowest BCUT2D eigenvalue weighted by Gasteiger charge is -2.34. The molecule has 0 unspecified atom stereocenters. The highest BCUT2D eigenvalue weighted by atomic mass is 19.2. The molecule has 0 saturated carbocycles. The van der Waals surface area contributed by atoms with E-state index in [0.29, 0.717) is 12.1 Å². The van der Waals surface area contributed by atoms with Gasteiger partial charge < -0.3 is 26.7 Å². The molecule has 0 radical (unpaired) electrons. The maximum Gasteiger partial charge on any atom is 0.213 e. The van der Waals surface area contributed by atoms with E-state index in [2.05, 4.69) is 0 Å². The Morgan fingerprint density at radius 2 is 1.18 bits per heavy atom. The average molecular weight is 559 g/mol. The zero-order valence-electron chi connectivity index (χ0n) is 20.3. The molecule has 1 aliphatic carbocycles. The van der Waals surface area contributed by atoms with Crippen LogP contribution < -0.4 is 17.2 Å². The molecule has 4 rings (SSSR count). The first-order valence-electron chi connectivity index (χ1n) is 10.9. The number of ether oxygens (including phenoxy) is 2. The average Bonchev–Trinajstić information content (AvgIpc) is 2.93. The lowest BCUT2D eigenvalue weighted by Crippen LogP contribution is -2.41. The molecule has 0 atom stereocenters. The lowest BCUT2D eigenvalue weighted by molar-refractivity contribution is -0.175. The van der Waals surface area contributed by atoms with Crippen LogP contribution in [0, 0.1) is 46.5 Å². The van der Waals surface area contributed by atoms with Gasteiger partial charge >= 0.3 is 0 Å². The molecule has 0 aromatic heterocycles. The molecular weight excluding hydrogens is 538 g/mol. The van der Waals surface area contributed by atoms with Crippen molar-refractivity contribution in [3.05, 3.63) is 100 Å². The van der Waals surface area contributed by atoms with Crippen LogP contribution in [0.4, 0.5) is 46.5 Å². The van der Waals surface area contributed by atoms with Crippen LogP contribution in [0.3, 0.4) is 0 Å². The number of rotatable bonds is 4. The Kier molecular flexibility index (Phi) is 8.56. The highest BCUT2D eigenvalue weighted by Gasteiger charge is 2.36. The van der Waals surface area contributed by atoms with Crippen LogP contribution in [0.1, 0.15) is 12.0 Å². The fraction of sp³-hybridized carbons (Fsp3) is 0.154. The first-order chi connectivity index (χ1) is 18.3. The number of hydrogen-bond donors (Lipinski definition) is 3. The van der Waals surface area contributed by atoms with Gasteiger partial charge in [-0.2, -0.15) is 0 Å². The van der Waals surface area contributed by atoms with Crippen molar-refractivity contribution in [3.8, 4) is 11.1 Å². The summed E-state index contributed by atoms with van der Waals surface area (Å²) < 4.78 is 116. The second-order valence-corrected chi connectivity index (χ2v) is 8.17. The predicted octanol–water partition coefficient (Wildman–Crippen LogP) is 5.94. The molecule has 208 valence electrons. The van der Waals surface area contributed by atoms with Crippen LogP contribution >= 0.6 is 0 Å². The maximum absolute atomic E-state index is 13.5. The summed E-state index contributed by atoms with van der Waals surface area (Å²) in [4.78, 5) is 0.